The quantitative estimate of drug-likeness (QED) is 0.799. The van der Waals surface area contributed by atoms with Crippen molar-refractivity contribution in [2.24, 2.45) is 17.8 Å². The van der Waals surface area contributed by atoms with Gasteiger partial charge in [0.25, 0.3) is 5.89 Å². The molecular formula is C16H24N2O3. The largest absolute Gasteiger partial charge is 0.452 e. The summed E-state index contributed by atoms with van der Waals surface area (Å²) in [6, 6.07) is 0. The third-order valence-electron chi connectivity index (χ3n) is 4.79. The summed E-state index contributed by atoms with van der Waals surface area (Å²) in [5.74, 6) is 2.28. The number of hydrogen-bond acceptors (Lipinski definition) is 5. The monoisotopic (exact) mass is 292 g/mol. The van der Waals surface area contributed by atoms with Crippen molar-refractivity contribution in [3.05, 3.63) is 11.7 Å². The van der Waals surface area contributed by atoms with Crippen molar-refractivity contribution in [2.75, 3.05) is 0 Å². The van der Waals surface area contributed by atoms with Crippen LogP contribution in [-0.2, 0) is 14.9 Å². The van der Waals surface area contributed by atoms with Gasteiger partial charge in [0.1, 0.15) is 0 Å². The first-order valence-corrected chi connectivity index (χ1v) is 7.89. The minimum Gasteiger partial charge on any atom is -0.452 e. The number of fused-ring (bicyclic) bond motifs is 2. The van der Waals surface area contributed by atoms with E-state index < -0.39 is 6.10 Å². The van der Waals surface area contributed by atoms with Gasteiger partial charge in [0, 0.05) is 5.41 Å². The second kappa shape index (κ2) is 5.11. The predicted octanol–water partition coefficient (Wildman–Crippen LogP) is 3.41. The van der Waals surface area contributed by atoms with Crippen molar-refractivity contribution in [1.29, 1.82) is 0 Å². The van der Waals surface area contributed by atoms with E-state index in [4.69, 9.17) is 9.26 Å². The van der Waals surface area contributed by atoms with E-state index in [2.05, 4.69) is 10.1 Å². The molecule has 0 amide bonds. The molecular weight excluding hydrogens is 268 g/mol. The molecule has 4 atom stereocenters. The molecule has 2 bridgehead atoms. The van der Waals surface area contributed by atoms with E-state index in [1.165, 1.54) is 19.3 Å². The van der Waals surface area contributed by atoms with E-state index in [1.807, 2.05) is 20.8 Å². The van der Waals surface area contributed by atoms with Gasteiger partial charge in [0.05, 0.1) is 5.92 Å². The maximum absolute atomic E-state index is 12.3. The molecule has 1 heterocycles. The first kappa shape index (κ1) is 14.5. The van der Waals surface area contributed by atoms with Gasteiger partial charge < -0.3 is 9.26 Å². The lowest BCUT2D eigenvalue weighted by atomic mass is 9.89. The Morgan fingerprint density at radius 1 is 1.33 bits per heavy atom. The highest BCUT2D eigenvalue weighted by molar-refractivity contribution is 5.73. The number of nitrogens with zero attached hydrogens (tertiary/aromatic N) is 2. The Bertz CT molecular complexity index is 532. The van der Waals surface area contributed by atoms with Crippen LogP contribution in [0.1, 0.15) is 71.2 Å². The van der Waals surface area contributed by atoms with Crippen LogP contribution in [0.25, 0.3) is 0 Å². The minimum absolute atomic E-state index is 0.0798. The van der Waals surface area contributed by atoms with E-state index >= 15 is 0 Å². The van der Waals surface area contributed by atoms with Gasteiger partial charge in [-0.15, -0.1) is 0 Å². The average molecular weight is 292 g/mol. The molecule has 2 saturated carbocycles. The first-order valence-electron chi connectivity index (χ1n) is 7.89. The van der Waals surface area contributed by atoms with Gasteiger partial charge in [-0.05, 0) is 38.0 Å². The lowest BCUT2D eigenvalue weighted by molar-refractivity contribution is -0.156. The van der Waals surface area contributed by atoms with Crippen molar-refractivity contribution < 1.29 is 14.1 Å². The van der Waals surface area contributed by atoms with Crippen molar-refractivity contribution in [3.63, 3.8) is 0 Å². The number of ether oxygens (including phenoxy) is 1. The van der Waals surface area contributed by atoms with Gasteiger partial charge in [0.2, 0.25) is 0 Å². The van der Waals surface area contributed by atoms with Crippen LogP contribution in [0.3, 0.4) is 0 Å². The summed E-state index contributed by atoms with van der Waals surface area (Å²) in [6.45, 7) is 7.86. The Morgan fingerprint density at radius 2 is 2.10 bits per heavy atom. The molecule has 0 aliphatic heterocycles. The fraction of sp³-hybridized carbons (Fsp3) is 0.812. The second-order valence-electron chi connectivity index (χ2n) is 7.57. The zero-order chi connectivity index (χ0) is 15.2. The maximum Gasteiger partial charge on any atom is 0.309 e. The summed E-state index contributed by atoms with van der Waals surface area (Å²) < 4.78 is 10.8. The number of esters is 1. The Labute approximate surface area is 125 Å². The maximum atomic E-state index is 12.3. The molecule has 21 heavy (non-hydrogen) atoms. The van der Waals surface area contributed by atoms with Crippen LogP contribution < -0.4 is 0 Å². The second-order valence-corrected chi connectivity index (χ2v) is 7.57. The highest BCUT2D eigenvalue weighted by Crippen LogP contribution is 2.49. The lowest BCUT2D eigenvalue weighted by Gasteiger charge is -2.21. The van der Waals surface area contributed by atoms with Gasteiger partial charge >= 0.3 is 5.97 Å². The van der Waals surface area contributed by atoms with E-state index in [0.29, 0.717) is 17.6 Å². The lowest BCUT2D eigenvalue weighted by Crippen LogP contribution is -2.24. The molecule has 116 valence electrons. The third-order valence-corrected chi connectivity index (χ3v) is 4.79. The van der Waals surface area contributed by atoms with Crippen molar-refractivity contribution in [1.82, 2.24) is 10.1 Å². The molecule has 1 aromatic rings. The van der Waals surface area contributed by atoms with Crippen LogP contribution in [0.2, 0.25) is 0 Å². The molecule has 5 nitrogen and oxygen atoms in total. The highest BCUT2D eigenvalue weighted by atomic mass is 16.6. The fourth-order valence-corrected chi connectivity index (χ4v) is 3.55. The zero-order valence-electron chi connectivity index (χ0n) is 13.3. The van der Waals surface area contributed by atoms with Crippen LogP contribution in [0.4, 0.5) is 0 Å². The molecule has 0 saturated heterocycles. The Hall–Kier alpha value is -1.39. The zero-order valence-corrected chi connectivity index (χ0v) is 13.3. The summed E-state index contributed by atoms with van der Waals surface area (Å²) in [6.07, 6.45) is 4.17. The molecule has 4 unspecified atom stereocenters. The number of hydrogen-bond donors (Lipinski definition) is 0. The molecule has 3 rings (SSSR count). The number of carbonyl (C=O) groups excluding carboxylic acids is 1. The van der Waals surface area contributed by atoms with Gasteiger partial charge in [-0.3, -0.25) is 4.79 Å². The smallest absolute Gasteiger partial charge is 0.309 e. The summed E-state index contributed by atoms with van der Waals surface area (Å²) in [5, 5.41) is 3.97. The van der Waals surface area contributed by atoms with Crippen molar-refractivity contribution >= 4 is 5.97 Å². The van der Waals surface area contributed by atoms with E-state index in [1.54, 1.807) is 6.92 Å². The van der Waals surface area contributed by atoms with Gasteiger partial charge in [-0.1, -0.05) is 32.3 Å². The Kier molecular flexibility index (Phi) is 3.54. The van der Waals surface area contributed by atoms with E-state index in [0.717, 1.165) is 12.3 Å². The third kappa shape index (κ3) is 2.83. The molecule has 0 aromatic carbocycles. The fourth-order valence-electron chi connectivity index (χ4n) is 3.55. The van der Waals surface area contributed by atoms with Crippen LogP contribution in [0.5, 0.6) is 0 Å². The summed E-state index contributed by atoms with van der Waals surface area (Å²) in [4.78, 5) is 16.7. The van der Waals surface area contributed by atoms with Gasteiger partial charge in [-0.2, -0.15) is 4.98 Å². The molecule has 2 aliphatic rings. The average Bonchev–Trinajstić information content (AvgIpc) is 3.13. The van der Waals surface area contributed by atoms with Gasteiger partial charge in [0.15, 0.2) is 11.9 Å². The molecule has 0 N–H and O–H groups in total. The Balaban J connectivity index is 1.62. The minimum atomic E-state index is -0.472. The number of rotatable bonds is 3. The van der Waals surface area contributed by atoms with Crippen molar-refractivity contribution in [2.45, 2.75) is 64.9 Å². The molecule has 2 fully saturated rings. The predicted molar refractivity (Wildman–Crippen MR) is 76.4 cm³/mol. The number of carbonyl (C=O) groups is 1. The summed E-state index contributed by atoms with van der Waals surface area (Å²) in [7, 11) is 0. The van der Waals surface area contributed by atoms with E-state index in [9.17, 15) is 4.79 Å². The van der Waals surface area contributed by atoms with Gasteiger partial charge in [-0.25, -0.2) is 0 Å². The van der Waals surface area contributed by atoms with Crippen molar-refractivity contribution in [3.8, 4) is 0 Å². The molecule has 0 spiro atoms. The summed E-state index contributed by atoms with van der Waals surface area (Å²) in [5.41, 5.74) is -0.171. The van der Waals surface area contributed by atoms with Crippen LogP contribution in [0, 0.1) is 17.8 Å². The molecule has 0 radical (unpaired) electrons. The first-order chi connectivity index (χ1) is 9.84. The number of aromatic nitrogens is 2. The SMILES string of the molecule is CC(OC(=O)C1CC2CCC1C2)c1nc(C(C)(C)C)no1. The topological polar surface area (TPSA) is 65.2 Å². The normalized spacial score (nSPS) is 29.6. The molecule has 5 heteroatoms. The van der Waals surface area contributed by atoms with Crippen LogP contribution in [-0.4, -0.2) is 16.1 Å². The van der Waals surface area contributed by atoms with Crippen LogP contribution >= 0.6 is 0 Å². The highest BCUT2D eigenvalue weighted by Gasteiger charge is 2.44. The summed E-state index contributed by atoms with van der Waals surface area (Å²) >= 11 is 0. The Morgan fingerprint density at radius 3 is 2.62 bits per heavy atom. The molecule has 1 aromatic heterocycles. The van der Waals surface area contributed by atoms with Crippen LogP contribution in [0.15, 0.2) is 4.52 Å². The van der Waals surface area contributed by atoms with E-state index in [-0.39, 0.29) is 17.3 Å². The molecule has 2 aliphatic carbocycles. The standard InChI is InChI=1S/C16H24N2O3/c1-9(13-17-15(18-21-13)16(2,3)4)20-14(19)12-8-10-5-6-11(12)7-10/h9-12H,5-8H2,1-4H3.